The van der Waals surface area contributed by atoms with Gasteiger partial charge in [0.05, 0.1) is 25.9 Å². The van der Waals surface area contributed by atoms with Crippen LogP contribution in [0.15, 0.2) is 18.2 Å². The predicted molar refractivity (Wildman–Crippen MR) is 84.9 cm³/mol. The first-order chi connectivity index (χ1) is 10.6. The van der Waals surface area contributed by atoms with Crippen LogP contribution in [0.4, 0.5) is 0 Å². The van der Waals surface area contributed by atoms with Crippen molar-refractivity contribution in [2.45, 2.75) is 38.0 Å². The van der Waals surface area contributed by atoms with Gasteiger partial charge in [0.2, 0.25) is 0 Å². The molecule has 0 bridgehead atoms. The first-order valence-corrected chi connectivity index (χ1v) is 7.80. The zero-order valence-electron chi connectivity index (χ0n) is 13.5. The van der Waals surface area contributed by atoms with E-state index >= 15 is 0 Å². The Morgan fingerprint density at radius 1 is 1.23 bits per heavy atom. The molecule has 5 nitrogen and oxygen atoms in total. The molecule has 0 aromatic heterocycles. The third-order valence-electron chi connectivity index (χ3n) is 4.36. The van der Waals surface area contributed by atoms with Gasteiger partial charge in [-0.2, -0.15) is 0 Å². The summed E-state index contributed by atoms with van der Waals surface area (Å²) in [7, 11) is 3.34. The summed E-state index contributed by atoms with van der Waals surface area (Å²) in [5.74, 6) is 0.844. The molecule has 0 amide bonds. The number of rotatable bonds is 6. The molecule has 1 aliphatic rings. The van der Waals surface area contributed by atoms with Gasteiger partial charge in [-0.25, -0.2) is 0 Å². The van der Waals surface area contributed by atoms with Gasteiger partial charge < -0.3 is 19.7 Å². The second-order valence-corrected chi connectivity index (χ2v) is 6.09. The topological polar surface area (TPSA) is 62.2 Å². The summed E-state index contributed by atoms with van der Waals surface area (Å²) in [4.78, 5) is 2.33. The predicted octanol–water partition coefficient (Wildman–Crippen LogP) is 1.55. The first kappa shape index (κ1) is 17.2. The second-order valence-electron chi connectivity index (χ2n) is 6.09. The maximum absolute atomic E-state index is 10.2. The average molecular weight is 309 g/mol. The number of ether oxygens (including phenoxy) is 2. The Morgan fingerprint density at radius 2 is 2.05 bits per heavy atom. The van der Waals surface area contributed by atoms with E-state index in [4.69, 9.17) is 9.47 Å². The Hall–Kier alpha value is -1.14. The standard InChI is InChI=1S/C17H27NO4/c1-21-12-15-10-14(4-5-16(15)22-2)11-18-8-3-6-17(20,13-19)7-9-18/h4-5,10,19-20H,3,6-9,11-13H2,1-2H3/t17-/m1/s1. The quantitative estimate of drug-likeness (QED) is 0.835. The molecule has 0 radical (unpaired) electrons. The van der Waals surface area contributed by atoms with E-state index in [0.29, 0.717) is 19.4 Å². The average Bonchev–Trinajstić information content (AvgIpc) is 2.71. The fourth-order valence-electron chi connectivity index (χ4n) is 3.01. The van der Waals surface area contributed by atoms with E-state index in [0.717, 1.165) is 37.4 Å². The van der Waals surface area contributed by atoms with E-state index in [9.17, 15) is 10.2 Å². The van der Waals surface area contributed by atoms with Crippen molar-refractivity contribution in [3.05, 3.63) is 29.3 Å². The minimum atomic E-state index is -0.907. The molecule has 124 valence electrons. The van der Waals surface area contributed by atoms with Crippen molar-refractivity contribution in [2.75, 3.05) is 33.9 Å². The van der Waals surface area contributed by atoms with Crippen molar-refractivity contribution in [3.63, 3.8) is 0 Å². The van der Waals surface area contributed by atoms with Crippen molar-refractivity contribution in [1.82, 2.24) is 4.90 Å². The Bertz CT molecular complexity index is 480. The van der Waals surface area contributed by atoms with Crippen LogP contribution in [0.2, 0.25) is 0 Å². The molecule has 0 saturated carbocycles. The molecule has 1 atom stereocenters. The SMILES string of the molecule is COCc1cc(CN2CCC[C@](O)(CO)CC2)ccc1OC. The molecule has 2 rings (SSSR count). The maximum Gasteiger partial charge on any atom is 0.124 e. The van der Waals surface area contributed by atoms with Crippen LogP contribution < -0.4 is 4.74 Å². The van der Waals surface area contributed by atoms with E-state index in [-0.39, 0.29) is 6.61 Å². The summed E-state index contributed by atoms with van der Waals surface area (Å²) < 4.78 is 10.6. The van der Waals surface area contributed by atoms with E-state index in [2.05, 4.69) is 17.0 Å². The van der Waals surface area contributed by atoms with Crippen molar-refractivity contribution >= 4 is 0 Å². The Labute approximate surface area is 132 Å². The highest BCUT2D eigenvalue weighted by Gasteiger charge is 2.29. The van der Waals surface area contributed by atoms with Gasteiger partial charge in [-0.15, -0.1) is 0 Å². The van der Waals surface area contributed by atoms with Crippen molar-refractivity contribution < 1.29 is 19.7 Å². The molecule has 1 heterocycles. The zero-order valence-corrected chi connectivity index (χ0v) is 13.5. The molecule has 1 saturated heterocycles. The fraction of sp³-hybridized carbons (Fsp3) is 0.647. The molecular formula is C17H27NO4. The van der Waals surface area contributed by atoms with E-state index in [1.165, 1.54) is 5.56 Å². The molecule has 1 aliphatic heterocycles. The number of hydrogen-bond donors (Lipinski definition) is 2. The first-order valence-electron chi connectivity index (χ1n) is 7.80. The van der Waals surface area contributed by atoms with Crippen LogP contribution >= 0.6 is 0 Å². The van der Waals surface area contributed by atoms with Gasteiger partial charge in [0.15, 0.2) is 0 Å². The van der Waals surface area contributed by atoms with Gasteiger partial charge in [0.25, 0.3) is 0 Å². The summed E-state index contributed by atoms with van der Waals surface area (Å²) in [6, 6.07) is 6.16. The van der Waals surface area contributed by atoms with E-state index in [1.807, 2.05) is 6.07 Å². The number of benzene rings is 1. The van der Waals surface area contributed by atoms with Crippen LogP contribution in [0.5, 0.6) is 5.75 Å². The number of likely N-dealkylation sites (tertiary alicyclic amines) is 1. The zero-order chi connectivity index (χ0) is 16.0. The van der Waals surface area contributed by atoms with Gasteiger partial charge >= 0.3 is 0 Å². The third-order valence-corrected chi connectivity index (χ3v) is 4.36. The summed E-state index contributed by atoms with van der Waals surface area (Å²) in [5, 5.41) is 19.5. The molecule has 5 heteroatoms. The molecule has 22 heavy (non-hydrogen) atoms. The monoisotopic (exact) mass is 309 g/mol. The Morgan fingerprint density at radius 3 is 2.73 bits per heavy atom. The highest BCUT2D eigenvalue weighted by molar-refractivity contribution is 5.36. The van der Waals surface area contributed by atoms with Gasteiger partial charge in [0.1, 0.15) is 5.75 Å². The third kappa shape index (κ3) is 4.43. The van der Waals surface area contributed by atoms with Gasteiger partial charge in [-0.1, -0.05) is 6.07 Å². The van der Waals surface area contributed by atoms with E-state index in [1.54, 1.807) is 14.2 Å². The highest BCUT2D eigenvalue weighted by Crippen LogP contribution is 2.25. The van der Waals surface area contributed by atoms with Crippen molar-refractivity contribution in [1.29, 1.82) is 0 Å². The largest absolute Gasteiger partial charge is 0.496 e. The Kier molecular flexibility index (Phi) is 6.20. The molecule has 1 fully saturated rings. The maximum atomic E-state index is 10.2. The molecule has 1 aromatic carbocycles. The van der Waals surface area contributed by atoms with E-state index < -0.39 is 5.60 Å². The molecule has 1 aromatic rings. The lowest BCUT2D eigenvalue weighted by molar-refractivity contribution is -0.0255. The number of hydrogen-bond acceptors (Lipinski definition) is 5. The second kappa shape index (κ2) is 7.92. The van der Waals surface area contributed by atoms with Gasteiger partial charge in [-0.3, -0.25) is 4.90 Å². The summed E-state index contributed by atoms with van der Waals surface area (Å²) in [6.07, 6.45) is 2.18. The molecule has 2 N–H and O–H groups in total. The fourth-order valence-corrected chi connectivity index (χ4v) is 3.01. The molecular weight excluding hydrogens is 282 g/mol. The lowest BCUT2D eigenvalue weighted by Gasteiger charge is -2.24. The van der Waals surface area contributed by atoms with Crippen LogP contribution in [0.1, 0.15) is 30.4 Å². The molecule has 0 aliphatic carbocycles. The molecule has 0 unspecified atom stereocenters. The van der Waals surface area contributed by atoms with Gasteiger partial charge in [-0.05, 0) is 43.5 Å². The smallest absolute Gasteiger partial charge is 0.124 e. The summed E-state index contributed by atoms with van der Waals surface area (Å²) in [6.45, 7) is 2.95. The minimum absolute atomic E-state index is 0.151. The van der Waals surface area contributed by atoms with Crippen LogP contribution in [-0.4, -0.2) is 54.6 Å². The lowest BCUT2D eigenvalue weighted by atomic mass is 9.96. The summed E-state index contributed by atoms with van der Waals surface area (Å²) in [5.41, 5.74) is 1.35. The summed E-state index contributed by atoms with van der Waals surface area (Å²) >= 11 is 0. The number of aliphatic hydroxyl groups is 2. The van der Waals surface area contributed by atoms with Crippen LogP contribution in [0, 0.1) is 0 Å². The number of methoxy groups -OCH3 is 2. The Balaban J connectivity index is 2.02. The highest BCUT2D eigenvalue weighted by atomic mass is 16.5. The molecule has 0 spiro atoms. The van der Waals surface area contributed by atoms with Gasteiger partial charge in [0, 0.05) is 25.8 Å². The van der Waals surface area contributed by atoms with Crippen molar-refractivity contribution in [3.8, 4) is 5.75 Å². The van der Waals surface area contributed by atoms with Crippen LogP contribution in [-0.2, 0) is 17.9 Å². The minimum Gasteiger partial charge on any atom is -0.496 e. The van der Waals surface area contributed by atoms with Crippen LogP contribution in [0.25, 0.3) is 0 Å². The van der Waals surface area contributed by atoms with Crippen LogP contribution in [0.3, 0.4) is 0 Å². The lowest BCUT2D eigenvalue weighted by Crippen LogP contribution is -2.34. The normalized spacial score (nSPS) is 23.3. The van der Waals surface area contributed by atoms with Crippen molar-refractivity contribution in [2.24, 2.45) is 0 Å². The number of nitrogens with zero attached hydrogens (tertiary/aromatic N) is 1. The number of aliphatic hydroxyl groups excluding tert-OH is 1.